The third kappa shape index (κ3) is 3.19. The van der Waals surface area contributed by atoms with E-state index in [1.807, 2.05) is 36.4 Å². The highest BCUT2D eigenvalue weighted by Gasteiger charge is 2.55. The average molecular weight is 399 g/mol. The fraction of sp³-hybridized carbons (Fsp3) is 0.783. The Morgan fingerprint density at radius 1 is 0.966 bits per heavy atom. The zero-order valence-electron chi connectivity index (χ0n) is 18.1. The van der Waals surface area contributed by atoms with Gasteiger partial charge in [0.1, 0.15) is 6.04 Å². The van der Waals surface area contributed by atoms with E-state index in [1.54, 1.807) is 0 Å². The SMILES string of the molecule is Cc1cc(C)n(C(C)C(=O)N2CCN(C(=O)C34CC5CC(CC(C5)C3)C4)CC2)n1. The second kappa shape index (κ2) is 6.85. The van der Waals surface area contributed by atoms with Gasteiger partial charge in [0.2, 0.25) is 11.8 Å². The molecule has 1 aliphatic heterocycles. The first-order valence-electron chi connectivity index (χ1n) is 11.5. The molecule has 5 aliphatic rings. The van der Waals surface area contributed by atoms with Crippen LogP contribution in [-0.2, 0) is 9.59 Å². The molecule has 0 aromatic carbocycles. The third-order valence-corrected chi connectivity index (χ3v) is 8.14. The summed E-state index contributed by atoms with van der Waals surface area (Å²) in [7, 11) is 0. The maximum absolute atomic E-state index is 13.5. The smallest absolute Gasteiger partial charge is 0.247 e. The van der Waals surface area contributed by atoms with Gasteiger partial charge in [0, 0.05) is 31.9 Å². The van der Waals surface area contributed by atoms with Crippen LogP contribution in [0.4, 0.5) is 0 Å². The molecule has 0 radical (unpaired) electrons. The zero-order chi connectivity index (χ0) is 20.3. The van der Waals surface area contributed by atoms with Gasteiger partial charge in [-0.15, -0.1) is 0 Å². The number of amides is 2. The summed E-state index contributed by atoms with van der Waals surface area (Å²) in [6.07, 6.45) is 7.43. The van der Waals surface area contributed by atoms with E-state index in [0.29, 0.717) is 32.1 Å². The number of carbonyl (C=O) groups is 2. The second-order valence-electron chi connectivity index (χ2n) is 10.4. The highest BCUT2D eigenvalue weighted by atomic mass is 16.2. The number of nitrogens with zero attached hydrogens (tertiary/aromatic N) is 4. The Bertz CT molecular complexity index is 786. The summed E-state index contributed by atoms with van der Waals surface area (Å²) in [6.45, 7) is 8.50. The molecule has 4 saturated carbocycles. The Labute approximate surface area is 173 Å². The zero-order valence-corrected chi connectivity index (χ0v) is 18.1. The monoisotopic (exact) mass is 398 g/mol. The van der Waals surface area contributed by atoms with Crippen molar-refractivity contribution in [2.24, 2.45) is 23.2 Å². The van der Waals surface area contributed by atoms with Gasteiger partial charge in [-0.2, -0.15) is 5.10 Å². The molecule has 6 heteroatoms. The molecule has 1 saturated heterocycles. The van der Waals surface area contributed by atoms with Crippen molar-refractivity contribution in [1.29, 1.82) is 0 Å². The molecule has 29 heavy (non-hydrogen) atoms. The molecule has 4 bridgehead atoms. The number of hydrogen-bond acceptors (Lipinski definition) is 3. The van der Waals surface area contributed by atoms with Crippen LogP contribution >= 0.6 is 0 Å². The number of hydrogen-bond donors (Lipinski definition) is 0. The Morgan fingerprint density at radius 3 is 1.97 bits per heavy atom. The fourth-order valence-electron chi connectivity index (χ4n) is 7.24. The van der Waals surface area contributed by atoms with Gasteiger partial charge in [-0.1, -0.05) is 0 Å². The lowest BCUT2D eigenvalue weighted by Gasteiger charge is -2.57. The minimum atomic E-state index is -0.297. The lowest BCUT2D eigenvalue weighted by molar-refractivity contribution is -0.160. The van der Waals surface area contributed by atoms with Crippen molar-refractivity contribution < 1.29 is 9.59 Å². The van der Waals surface area contributed by atoms with Crippen LogP contribution in [0.25, 0.3) is 0 Å². The number of rotatable bonds is 3. The molecule has 1 atom stereocenters. The number of piperazine rings is 1. The van der Waals surface area contributed by atoms with E-state index >= 15 is 0 Å². The van der Waals surface area contributed by atoms with Crippen LogP contribution < -0.4 is 0 Å². The molecule has 0 spiro atoms. The van der Waals surface area contributed by atoms with Crippen LogP contribution in [0.2, 0.25) is 0 Å². The standard InChI is InChI=1S/C23H34N4O2/c1-15-8-16(2)27(24-15)17(3)21(28)25-4-6-26(7-5-25)22(29)23-12-18-9-19(13-23)11-20(10-18)14-23/h8,17-20H,4-7,9-14H2,1-3H3. The van der Waals surface area contributed by atoms with Crippen LogP contribution in [0.5, 0.6) is 0 Å². The summed E-state index contributed by atoms with van der Waals surface area (Å²) in [4.78, 5) is 30.6. The van der Waals surface area contributed by atoms with Gasteiger partial charge in [-0.05, 0) is 83.1 Å². The van der Waals surface area contributed by atoms with E-state index in [9.17, 15) is 9.59 Å². The van der Waals surface area contributed by atoms with Crippen LogP contribution in [-0.4, -0.2) is 57.6 Å². The molecule has 1 aromatic heterocycles. The lowest BCUT2D eigenvalue weighted by Crippen LogP contribution is -2.59. The minimum Gasteiger partial charge on any atom is -0.339 e. The first kappa shape index (κ1) is 19.1. The van der Waals surface area contributed by atoms with Crippen molar-refractivity contribution in [2.75, 3.05) is 26.2 Å². The van der Waals surface area contributed by atoms with Crippen LogP contribution in [0, 0.1) is 37.0 Å². The number of aromatic nitrogens is 2. The number of carbonyl (C=O) groups excluding carboxylic acids is 2. The minimum absolute atomic E-state index is 0.0715. The predicted octanol–water partition coefficient (Wildman–Crippen LogP) is 2.95. The largest absolute Gasteiger partial charge is 0.339 e. The van der Waals surface area contributed by atoms with Gasteiger partial charge >= 0.3 is 0 Å². The van der Waals surface area contributed by atoms with E-state index in [2.05, 4.69) is 10.00 Å². The normalized spacial score (nSPS) is 34.5. The van der Waals surface area contributed by atoms with Crippen molar-refractivity contribution in [3.8, 4) is 0 Å². The second-order valence-corrected chi connectivity index (χ2v) is 10.4. The Balaban J connectivity index is 1.22. The fourth-order valence-corrected chi connectivity index (χ4v) is 7.24. The number of aryl methyl sites for hydroxylation is 2. The Hall–Kier alpha value is -1.85. The molecule has 6 rings (SSSR count). The summed E-state index contributed by atoms with van der Waals surface area (Å²) >= 11 is 0. The summed E-state index contributed by atoms with van der Waals surface area (Å²) < 4.78 is 1.82. The van der Waals surface area contributed by atoms with E-state index in [1.165, 1.54) is 19.3 Å². The maximum atomic E-state index is 13.5. The van der Waals surface area contributed by atoms with Gasteiger partial charge in [-0.25, -0.2) is 0 Å². The maximum Gasteiger partial charge on any atom is 0.247 e. The third-order valence-electron chi connectivity index (χ3n) is 8.14. The van der Waals surface area contributed by atoms with Crippen molar-refractivity contribution >= 4 is 11.8 Å². The van der Waals surface area contributed by atoms with E-state index < -0.39 is 0 Å². The van der Waals surface area contributed by atoms with Crippen LogP contribution in [0.15, 0.2) is 6.07 Å². The molecular formula is C23H34N4O2. The molecular weight excluding hydrogens is 364 g/mol. The topological polar surface area (TPSA) is 58.4 Å². The molecule has 5 fully saturated rings. The quantitative estimate of drug-likeness (QED) is 0.787. The van der Waals surface area contributed by atoms with Gasteiger partial charge in [0.05, 0.1) is 11.1 Å². The first-order chi connectivity index (χ1) is 13.8. The molecule has 2 heterocycles. The Kier molecular flexibility index (Phi) is 4.52. The molecule has 158 valence electrons. The Morgan fingerprint density at radius 2 is 1.48 bits per heavy atom. The molecule has 1 aromatic rings. The summed E-state index contributed by atoms with van der Waals surface area (Å²) in [5, 5.41) is 4.48. The van der Waals surface area contributed by atoms with Crippen LogP contribution in [0.3, 0.4) is 0 Å². The molecule has 0 N–H and O–H groups in total. The molecule has 6 nitrogen and oxygen atoms in total. The van der Waals surface area contributed by atoms with E-state index in [4.69, 9.17) is 0 Å². The van der Waals surface area contributed by atoms with Crippen molar-refractivity contribution in [3.05, 3.63) is 17.5 Å². The summed E-state index contributed by atoms with van der Waals surface area (Å²) in [5.74, 6) is 2.87. The van der Waals surface area contributed by atoms with Gasteiger partial charge < -0.3 is 9.80 Å². The van der Waals surface area contributed by atoms with Crippen molar-refractivity contribution in [2.45, 2.75) is 65.3 Å². The molecule has 2 amide bonds. The average Bonchev–Trinajstić information content (AvgIpc) is 3.03. The van der Waals surface area contributed by atoms with Gasteiger partial charge in [0.25, 0.3) is 0 Å². The van der Waals surface area contributed by atoms with E-state index in [-0.39, 0.29) is 17.4 Å². The van der Waals surface area contributed by atoms with Gasteiger partial charge in [-0.3, -0.25) is 14.3 Å². The molecule has 4 aliphatic carbocycles. The van der Waals surface area contributed by atoms with Crippen molar-refractivity contribution in [1.82, 2.24) is 19.6 Å². The molecule has 1 unspecified atom stereocenters. The highest BCUT2D eigenvalue weighted by molar-refractivity contribution is 5.84. The predicted molar refractivity (Wildman–Crippen MR) is 110 cm³/mol. The summed E-state index contributed by atoms with van der Waals surface area (Å²) in [5.41, 5.74) is 1.88. The van der Waals surface area contributed by atoms with Crippen LogP contribution in [0.1, 0.15) is 62.9 Å². The highest BCUT2D eigenvalue weighted by Crippen LogP contribution is 2.60. The summed E-state index contributed by atoms with van der Waals surface area (Å²) in [6, 6.07) is 1.71. The van der Waals surface area contributed by atoms with Crippen molar-refractivity contribution in [3.63, 3.8) is 0 Å². The lowest BCUT2D eigenvalue weighted by atomic mass is 9.49. The van der Waals surface area contributed by atoms with Gasteiger partial charge in [0.15, 0.2) is 0 Å². The first-order valence-corrected chi connectivity index (χ1v) is 11.5. The van der Waals surface area contributed by atoms with E-state index in [0.717, 1.165) is 48.4 Å².